The topological polar surface area (TPSA) is 96.6 Å². The minimum absolute atomic E-state index is 0.0331. The van der Waals surface area contributed by atoms with Gasteiger partial charge >= 0.3 is 5.97 Å². The number of aliphatic carboxylic acids is 1. The van der Waals surface area contributed by atoms with Gasteiger partial charge in [-0.15, -0.1) is 0 Å². The van der Waals surface area contributed by atoms with Crippen LogP contribution in [0.3, 0.4) is 0 Å². The van der Waals surface area contributed by atoms with Crippen LogP contribution in [-0.4, -0.2) is 38.1 Å². The van der Waals surface area contributed by atoms with Crippen molar-refractivity contribution in [3.8, 4) is 0 Å². The minimum Gasteiger partial charge on any atom is -0.481 e. The van der Waals surface area contributed by atoms with E-state index in [9.17, 15) is 9.59 Å². The highest BCUT2D eigenvalue weighted by Crippen LogP contribution is 2.14. The average molecular weight is 262 g/mol. The second-order valence-corrected chi connectivity index (χ2v) is 4.82. The van der Waals surface area contributed by atoms with Gasteiger partial charge in [0.2, 0.25) is 0 Å². The monoisotopic (exact) mass is 262 g/mol. The molecule has 0 saturated carbocycles. The first kappa shape index (κ1) is 13.0. The van der Waals surface area contributed by atoms with Gasteiger partial charge in [-0.1, -0.05) is 0 Å². The molecule has 7 heteroatoms. The van der Waals surface area contributed by atoms with E-state index in [-0.39, 0.29) is 12.5 Å². The van der Waals surface area contributed by atoms with Crippen molar-refractivity contribution < 1.29 is 14.7 Å². The summed E-state index contributed by atoms with van der Waals surface area (Å²) in [5.41, 5.74) is -0.263. The summed E-state index contributed by atoms with van der Waals surface area (Å²) >= 11 is 0. The van der Waals surface area contributed by atoms with Crippen LogP contribution < -0.4 is 5.32 Å². The highest BCUT2D eigenvalue weighted by atomic mass is 16.4. The third-order valence-corrected chi connectivity index (χ3v) is 2.79. The number of amides is 1. The lowest BCUT2D eigenvalue weighted by molar-refractivity contribution is -0.146. The SMILES string of the molecule is CC(C)(CNC(=O)c1cnn2cccnc12)C(=O)O. The van der Waals surface area contributed by atoms with Crippen molar-refractivity contribution in [3.05, 3.63) is 30.2 Å². The molecule has 0 unspecified atom stereocenters. The molecule has 0 aromatic carbocycles. The number of rotatable bonds is 4. The Morgan fingerprint density at radius 3 is 2.89 bits per heavy atom. The van der Waals surface area contributed by atoms with Crippen molar-refractivity contribution in [2.24, 2.45) is 5.41 Å². The Balaban J connectivity index is 2.15. The van der Waals surface area contributed by atoms with Gasteiger partial charge in [0.15, 0.2) is 5.65 Å². The summed E-state index contributed by atoms with van der Waals surface area (Å²) in [6.45, 7) is 3.12. The van der Waals surface area contributed by atoms with Gasteiger partial charge in [-0.05, 0) is 19.9 Å². The van der Waals surface area contributed by atoms with E-state index < -0.39 is 11.4 Å². The normalized spacial score (nSPS) is 11.5. The van der Waals surface area contributed by atoms with Crippen LogP contribution in [0, 0.1) is 5.41 Å². The fourth-order valence-electron chi connectivity index (χ4n) is 1.46. The van der Waals surface area contributed by atoms with Crippen LogP contribution in [-0.2, 0) is 4.79 Å². The molecule has 2 N–H and O–H groups in total. The first-order chi connectivity index (χ1) is 8.92. The lowest BCUT2D eigenvalue weighted by atomic mass is 9.94. The zero-order chi connectivity index (χ0) is 14.0. The van der Waals surface area contributed by atoms with E-state index in [1.807, 2.05) is 0 Å². The number of carbonyl (C=O) groups excluding carboxylic acids is 1. The van der Waals surface area contributed by atoms with E-state index in [1.165, 1.54) is 10.7 Å². The largest absolute Gasteiger partial charge is 0.481 e. The molecule has 2 aromatic heterocycles. The summed E-state index contributed by atoms with van der Waals surface area (Å²) in [7, 11) is 0. The number of nitrogens with zero attached hydrogens (tertiary/aromatic N) is 3. The molecule has 100 valence electrons. The van der Waals surface area contributed by atoms with Crippen molar-refractivity contribution >= 4 is 17.5 Å². The van der Waals surface area contributed by atoms with Gasteiger partial charge in [0.25, 0.3) is 5.91 Å². The van der Waals surface area contributed by atoms with E-state index in [4.69, 9.17) is 5.11 Å². The summed E-state index contributed by atoms with van der Waals surface area (Å²) in [6.07, 6.45) is 4.65. The van der Waals surface area contributed by atoms with Gasteiger partial charge in [0, 0.05) is 18.9 Å². The van der Waals surface area contributed by atoms with Gasteiger partial charge in [-0.25, -0.2) is 9.50 Å². The number of aromatic nitrogens is 3. The number of carbonyl (C=O) groups is 2. The van der Waals surface area contributed by atoms with Gasteiger partial charge in [-0.3, -0.25) is 9.59 Å². The molecule has 1 amide bonds. The maximum absolute atomic E-state index is 12.0. The van der Waals surface area contributed by atoms with E-state index in [2.05, 4.69) is 15.4 Å². The van der Waals surface area contributed by atoms with Crippen LogP contribution in [0.1, 0.15) is 24.2 Å². The van der Waals surface area contributed by atoms with E-state index in [0.717, 1.165) is 0 Å². The van der Waals surface area contributed by atoms with Crippen LogP contribution in [0.4, 0.5) is 0 Å². The average Bonchev–Trinajstić information content (AvgIpc) is 2.79. The molecule has 0 aliphatic heterocycles. The highest BCUT2D eigenvalue weighted by Gasteiger charge is 2.28. The maximum Gasteiger partial charge on any atom is 0.310 e. The molecular weight excluding hydrogens is 248 g/mol. The summed E-state index contributed by atoms with van der Waals surface area (Å²) < 4.78 is 1.48. The van der Waals surface area contributed by atoms with Crippen molar-refractivity contribution in [3.63, 3.8) is 0 Å². The third-order valence-electron chi connectivity index (χ3n) is 2.79. The fourth-order valence-corrected chi connectivity index (χ4v) is 1.46. The number of nitrogens with one attached hydrogen (secondary N) is 1. The Hall–Kier alpha value is -2.44. The number of hydrogen-bond donors (Lipinski definition) is 2. The first-order valence-electron chi connectivity index (χ1n) is 5.72. The highest BCUT2D eigenvalue weighted by molar-refractivity contribution is 5.99. The Kier molecular flexibility index (Phi) is 3.20. The van der Waals surface area contributed by atoms with Crippen LogP contribution in [0.25, 0.3) is 5.65 Å². The van der Waals surface area contributed by atoms with E-state index >= 15 is 0 Å². The summed E-state index contributed by atoms with van der Waals surface area (Å²) in [5.74, 6) is -1.35. The Morgan fingerprint density at radius 2 is 2.21 bits per heavy atom. The van der Waals surface area contributed by atoms with Crippen LogP contribution >= 0.6 is 0 Å². The summed E-state index contributed by atoms with van der Waals surface area (Å²) in [5, 5.41) is 15.6. The number of hydrogen-bond acceptors (Lipinski definition) is 4. The predicted molar refractivity (Wildman–Crippen MR) is 66.7 cm³/mol. The molecule has 0 aliphatic rings. The number of carboxylic acids is 1. The Morgan fingerprint density at radius 1 is 1.47 bits per heavy atom. The molecule has 2 heterocycles. The number of fused-ring (bicyclic) bond motifs is 1. The molecule has 0 fully saturated rings. The molecule has 0 radical (unpaired) electrons. The quantitative estimate of drug-likeness (QED) is 0.839. The lowest BCUT2D eigenvalue weighted by Crippen LogP contribution is -2.38. The zero-order valence-electron chi connectivity index (χ0n) is 10.6. The molecule has 0 bridgehead atoms. The summed E-state index contributed by atoms with van der Waals surface area (Å²) in [4.78, 5) is 27.0. The summed E-state index contributed by atoms with van der Waals surface area (Å²) in [6, 6.07) is 1.70. The lowest BCUT2D eigenvalue weighted by Gasteiger charge is -2.19. The van der Waals surface area contributed by atoms with E-state index in [1.54, 1.807) is 32.3 Å². The second kappa shape index (κ2) is 4.68. The molecule has 0 aliphatic carbocycles. The third kappa shape index (κ3) is 2.54. The number of carboxylic acid groups (broad SMARTS) is 1. The molecular formula is C12H14N4O3. The van der Waals surface area contributed by atoms with Crippen molar-refractivity contribution in [1.29, 1.82) is 0 Å². The molecule has 2 rings (SSSR count). The smallest absolute Gasteiger partial charge is 0.310 e. The molecule has 19 heavy (non-hydrogen) atoms. The van der Waals surface area contributed by atoms with Crippen molar-refractivity contribution in [1.82, 2.24) is 19.9 Å². The van der Waals surface area contributed by atoms with Crippen LogP contribution in [0.15, 0.2) is 24.7 Å². The van der Waals surface area contributed by atoms with Crippen molar-refractivity contribution in [2.45, 2.75) is 13.8 Å². The minimum atomic E-state index is -1.02. The van der Waals surface area contributed by atoms with Crippen molar-refractivity contribution in [2.75, 3.05) is 6.54 Å². The standard InChI is InChI=1S/C12H14N4O3/c1-12(2,11(18)19)7-14-10(17)8-6-15-16-5-3-4-13-9(8)16/h3-6H,7H2,1-2H3,(H,14,17)(H,18,19). The maximum atomic E-state index is 12.0. The Labute approximate surface area is 109 Å². The molecule has 0 spiro atoms. The fraction of sp³-hybridized carbons (Fsp3) is 0.333. The second-order valence-electron chi connectivity index (χ2n) is 4.82. The zero-order valence-corrected chi connectivity index (χ0v) is 10.6. The van der Waals surface area contributed by atoms with Crippen LogP contribution in [0.5, 0.6) is 0 Å². The van der Waals surface area contributed by atoms with Gasteiger partial charge in [0.05, 0.1) is 11.6 Å². The predicted octanol–water partition coefficient (Wildman–Crippen LogP) is 0.570. The molecule has 0 atom stereocenters. The molecule has 2 aromatic rings. The molecule has 7 nitrogen and oxygen atoms in total. The first-order valence-corrected chi connectivity index (χ1v) is 5.72. The Bertz CT molecular complexity index is 633. The van der Waals surface area contributed by atoms with Crippen LogP contribution in [0.2, 0.25) is 0 Å². The van der Waals surface area contributed by atoms with E-state index in [0.29, 0.717) is 11.2 Å². The van der Waals surface area contributed by atoms with Gasteiger partial charge in [0.1, 0.15) is 5.56 Å². The molecule has 0 saturated heterocycles. The van der Waals surface area contributed by atoms with Gasteiger partial charge < -0.3 is 10.4 Å². The van der Waals surface area contributed by atoms with Gasteiger partial charge in [-0.2, -0.15) is 5.10 Å².